The molecule has 3 N–H and O–H groups in total. The first kappa shape index (κ1) is 16.6. The maximum Gasteiger partial charge on any atom is 0.237 e. The van der Waals surface area contributed by atoms with Crippen LogP contribution in [0.4, 0.5) is 0 Å². The van der Waals surface area contributed by atoms with E-state index in [4.69, 9.17) is 18.0 Å². The lowest BCUT2D eigenvalue weighted by Crippen LogP contribution is -2.43. The number of hydrogen-bond donors (Lipinski definition) is 2. The number of rotatable bonds is 7. The first-order valence-electron chi connectivity index (χ1n) is 6.82. The fourth-order valence-electron chi connectivity index (χ4n) is 1.84. The molecule has 0 bridgehead atoms. The van der Waals surface area contributed by atoms with Gasteiger partial charge >= 0.3 is 0 Å². The molecule has 0 aliphatic heterocycles. The Kier molecular flexibility index (Phi) is 6.61. The molecule has 1 rings (SSSR count). The van der Waals surface area contributed by atoms with E-state index < -0.39 is 0 Å². The van der Waals surface area contributed by atoms with E-state index >= 15 is 0 Å². The normalized spacial score (nSPS) is 12.2. The number of nitrogens with zero attached hydrogens (tertiary/aromatic N) is 1. The lowest BCUT2D eigenvalue weighted by Gasteiger charge is -2.24. The van der Waals surface area contributed by atoms with Crippen molar-refractivity contribution in [2.45, 2.75) is 32.9 Å². The Labute approximate surface area is 126 Å². The van der Waals surface area contributed by atoms with Crippen molar-refractivity contribution >= 4 is 23.1 Å². The molecule has 0 aromatic heterocycles. The van der Waals surface area contributed by atoms with Gasteiger partial charge in [-0.05, 0) is 32.0 Å². The van der Waals surface area contributed by atoms with Crippen LogP contribution in [0.15, 0.2) is 24.3 Å². The van der Waals surface area contributed by atoms with Crippen LogP contribution in [0.2, 0.25) is 0 Å². The maximum atomic E-state index is 11.9. The van der Waals surface area contributed by atoms with Crippen molar-refractivity contribution in [2.75, 3.05) is 13.6 Å². The Morgan fingerprint density at radius 3 is 2.80 bits per heavy atom. The zero-order valence-electron chi connectivity index (χ0n) is 12.3. The molecule has 0 spiro atoms. The maximum absolute atomic E-state index is 11.9. The van der Waals surface area contributed by atoms with Gasteiger partial charge in [0.2, 0.25) is 5.91 Å². The quantitative estimate of drug-likeness (QED) is 0.751. The van der Waals surface area contributed by atoms with Gasteiger partial charge in [0.25, 0.3) is 0 Å². The molecule has 1 amide bonds. The van der Waals surface area contributed by atoms with Gasteiger partial charge in [0, 0.05) is 18.7 Å². The van der Waals surface area contributed by atoms with Crippen molar-refractivity contribution in [1.82, 2.24) is 10.2 Å². The molecular formula is C15H23N3OS. The second-order valence-electron chi connectivity index (χ2n) is 4.95. The number of carbonyl (C=O) groups is 1. The molecule has 20 heavy (non-hydrogen) atoms. The van der Waals surface area contributed by atoms with E-state index in [0.717, 1.165) is 17.5 Å². The minimum absolute atomic E-state index is 0.0554. The lowest BCUT2D eigenvalue weighted by molar-refractivity contribution is -0.125. The van der Waals surface area contributed by atoms with Gasteiger partial charge in [-0.3, -0.25) is 9.69 Å². The van der Waals surface area contributed by atoms with Crippen LogP contribution < -0.4 is 11.1 Å². The second kappa shape index (κ2) is 7.97. The van der Waals surface area contributed by atoms with Crippen molar-refractivity contribution < 1.29 is 4.79 Å². The molecule has 0 saturated carbocycles. The van der Waals surface area contributed by atoms with Crippen molar-refractivity contribution in [3.8, 4) is 0 Å². The number of thiocarbonyl (C=S) groups is 1. The number of benzene rings is 1. The summed E-state index contributed by atoms with van der Waals surface area (Å²) >= 11 is 4.98. The monoisotopic (exact) mass is 293 g/mol. The third kappa shape index (κ3) is 4.90. The lowest BCUT2D eigenvalue weighted by atomic mass is 10.1. The first-order chi connectivity index (χ1) is 9.45. The molecule has 0 saturated heterocycles. The van der Waals surface area contributed by atoms with E-state index in [1.54, 1.807) is 0 Å². The van der Waals surface area contributed by atoms with E-state index in [-0.39, 0.29) is 11.9 Å². The minimum atomic E-state index is -0.171. The van der Waals surface area contributed by atoms with Crippen molar-refractivity contribution in [1.29, 1.82) is 0 Å². The molecule has 0 aliphatic carbocycles. The van der Waals surface area contributed by atoms with Gasteiger partial charge in [-0.25, -0.2) is 0 Å². The highest BCUT2D eigenvalue weighted by molar-refractivity contribution is 7.80. The standard InChI is InChI=1S/C15H23N3OS/c1-4-8-17-15(19)11(2)18(3)10-12-6-5-7-13(9-12)14(16)20/h5-7,9,11H,4,8,10H2,1-3H3,(H2,16,20)(H,17,19). The summed E-state index contributed by atoms with van der Waals surface area (Å²) in [6.45, 7) is 5.34. The van der Waals surface area contributed by atoms with Gasteiger partial charge in [0.05, 0.1) is 6.04 Å². The van der Waals surface area contributed by atoms with Crippen LogP contribution in [0.3, 0.4) is 0 Å². The Bertz CT molecular complexity index is 476. The van der Waals surface area contributed by atoms with Crippen LogP contribution in [-0.2, 0) is 11.3 Å². The second-order valence-corrected chi connectivity index (χ2v) is 5.39. The molecule has 0 radical (unpaired) electrons. The van der Waals surface area contributed by atoms with Crippen molar-refractivity contribution in [3.05, 3.63) is 35.4 Å². The van der Waals surface area contributed by atoms with Gasteiger partial charge < -0.3 is 11.1 Å². The highest BCUT2D eigenvalue weighted by Crippen LogP contribution is 2.09. The molecule has 1 unspecified atom stereocenters. The molecule has 4 nitrogen and oxygen atoms in total. The van der Waals surface area contributed by atoms with Gasteiger partial charge in [-0.15, -0.1) is 0 Å². The molecule has 110 valence electrons. The number of amides is 1. The summed E-state index contributed by atoms with van der Waals surface area (Å²) in [7, 11) is 1.93. The van der Waals surface area contributed by atoms with Crippen molar-refractivity contribution in [3.63, 3.8) is 0 Å². The molecule has 5 heteroatoms. The largest absolute Gasteiger partial charge is 0.389 e. The van der Waals surface area contributed by atoms with Crippen LogP contribution in [0.5, 0.6) is 0 Å². The Morgan fingerprint density at radius 2 is 2.20 bits per heavy atom. The number of likely N-dealkylation sites (N-methyl/N-ethyl adjacent to an activating group) is 1. The summed E-state index contributed by atoms with van der Waals surface area (Å²) in [5.74, 6) is 0.0554. The van der Waals surface area contributed by atoms with E-state index in [1.807, 2.05) is 50.1 Å². The zero-order chi connectivity index (χ0) is 15.1. The fourth-order valence-corrected chi connectivity index (χ4v) is 1.97. The molecular weight excluding hydrogens is 270 g/mol. The van der Waals surface area contributed by atoms with Crippen molar-refractivity contribution in [2.24, 2.45) is 5.73 Å². The molecule has 1 aromatic rings. The Hall–Kier alpha value is -1.46. The van der Waals surface area contributed by atoms with Gasteiger partial charge in [0.1, 0.15) is 4.99 Å². The van der Waals surface area contributed by atoms with Gasteiger partial charge in [-0.1, -0.05) is 37.3 Å². The zero-order valence-corrected chi connectivity index (χ0v) is 13.2. The third-order valence-corrected chi connectivity index (χ3v) is 3.47. The molecule has 0 fully saturated rings. The Morgan fingerprint density at radius 1 is 1.50 bits per heavy atom. The summed E-state index contributed by atoms with van der Waals surface area (Å²) in [6.07, 6.45) is 0.943. The number of nitrogens with two attached hydrogens (primary N) is 1. The third-order valence-electron chi connectivity index (χ3n) is 3.23. The summed E-state index contributed by atoms with van der Waals surface area (Å²) < 4.78 is 0. The van der Waals surface area contributed by atoms with Gasteiger partial charge in [-0.2, -0.15) is 0 Å². The predicted molar refractivity (Wildman–Crippen MR) is 86.6 cm³/mol. The Balaban J connectivity index is 2.65. The molecule has 1 aromatic carbocycles. The first-order valence-corrected chi connectivity index (χ1v) is 7.23. The van der Waals surface area contributed by atoms with Crippen LogP contribution >= 0.6 is 12.2 Å². The van der Waals surface area contributed by atoms with Gasteiger partial charge in [0.15, 0.2) is 0 Å². The number of nitrogens with one attached hydrogen (secondary N) is 1. The highest BCUT2D eigenvalue weighted by atomic mass is 32.1. The van der Waals surface area contributed by atoms with E-state index in [2.05, 4.69) is 5.32 Å². The fraction of sp³-hybridized carbons (Fsp3) is 0.467. The highest BCUT2D eigenvalue weighted by Gasteiger charge is 2.17. The predicted octanol–water partition coefficient (Wildman–Crippen LogP) is 1.67. The summed E-state index contributed by atoms with van der Waals surface area (Å²) in [5, 5.41) is 2.91. The van der Waals surface area contributed by atoms with E-state index in [9.17, 15) is 4.79 Å². The molecule has 0 aliphatic rings. The van der Waals surface area contributed by atoms with Crippen LogP contribution in [0, 0.1) is 0 Å². The number of hydrogen-bond acceptors (Lipinski definition) is 3. The van der Waals surface area contributed by atoms with Crippen LogP contribution in [0.1, 0.15) is 31.4 Å². The summed E-state index contributed by atoms with van der Waals surface area (Å²) in [4.78, 5) is 14.3. The summed E-state index contributed by atoms with van der Waals surface area (Å²) in [6, 6.07) is 7.63. The van der Waals surface area contributed by atoms with Crippen LogP contribution in [0.25, 0.3) is 0 Å². The van der Waals surface area contributed by atoms with E-state index in [1.165, 1.54) is 0 Å². The smallest absolute Gasteiger partial charge is 0.237 e. The molecule has 1 atom stereocenters. The van der Waals surface area contributed by atoms with E-state index in [0.29, 0.717) is 18.1 Å². The minimum Gasteiger partial charge on any atom is -0.389 e. The SMILES string of the molecule is CCCNC(=O)C(C)N(C)Cc1cccc(C(N)=S)c1. The average Bonchev–Trinajstić information content (AvgIpc) is 2.44. The summed E-state index contributed by atoms with van der Waals surface area (Å²) in [5.41, 5.74) is 7.58. The topological polar surface area (TPSA) is 58.4 Å². The number of carbonyl (C=O) groups excluding carboxylic acids is 1. The average molecular weight is 293 g/mol. The van der Waals surface area contributed by atoms with Crippen LogP contribution in [-0.4, -0.2) is 35.4 Å². The molecule has 0 heterocycles.